The van der Waals surface area contributed by atoms with E-state index in [-0.39, 0.29) is 0 Å². The van der Waals surface area contributed by atoms with Crippen molar-refractivity contribution in [1.82, 2.24) is 0 Å². The maximum Gasteiger partial charge on any atom is 0.488 e. The van der Waals surface area contributed by atoms with E-state index in [4.69, 9.17) is 10.0 Å². The van der Waals surface area contributed by atoms with Gasteiger partial charge in [0.1, 0.15) is 0 Å². The molecule has 0 aliphatic heterocycles. The molecule has 21 heavy (non-hydrogen) atoms. The van der Waals surface area contributed by atoms with Gasteiger partial charge in [-0.05, 0) is 29.6 Å². The minimum Gasteiger partial charge on any atom is -0.423 e. The third-order valence-corrected chi connectivity index (χ3v) is 3.55. The van der Waals surface area contributed by atoms with Gasteiger partial charge in [0, 0.05) is 18.8 Å². The smallest absolute Gasteiger partial charge is 0.423 e. The molecule has 3 nitrogen and oxygen atoms in total. The van der Waals surface area contributed by atoms with Crippen LogP contribution in [0.4, 0.5) is 5.69 Å². The van der Waals surface area contributed by atoms with Crippen molar-refractivity contribution >= 4 is 18.3 Å². The Hall–Kier alpha value is -1.78. The lowest BCUT2D eigenvalue weighted by Gasteiger charge is -2.25. The second-order valence-corrected chi connectivity index (χ2v) is 5.23. The predicted octanol–water partition coefficient (Wildman–Crippen LogP) is 2.17. The van der Waals surface area contributed by atoms with Crippen molar-refractivity contribution in [1.29, 1.82) is 0 Å². The molecule has 0 radical (unpaired) electrons. The van der Waals surface area contributed by atoms with Crippen LogP contribution in [-0.2, 0) is 6.54 Å². The van der Waals surface area contributed by atoms with Gasteiger partial charge in [-0.2, -0.15) is 0 Å². The lowest BCUT2D eigenvalue weighted by Crippen LogP contribution is -2.30. The van der Waals surface area contributed by atoms with Crippen molar-refractivity contribution in [3.63, 3.8) is 0 Å². The minimum absolute atomic E-state index is 0.526. The largest absolute Gasteiger partial charge is 0.488 e. The molecule has 2 aromatic rings. The highest BCUT2D eigenvalue weighted by Crippen LogP contribution is 2.17. The van der Waals surface area contributed by atoms with Crippen LogP contribution in [0.2, 0.25) is 0 Å². The Morgan fingerprint density at radius 3 is 2.19 bits per heavy atom. The molecule has 0 atom stereocenters. The second kappa shape index (κ2) is 7.86. The minimum atomic E-state index is -1.40. The highest BCUT2D eigenvalue weighted by atomic mass is 16.4. The summed E-state index contributed by atoms with van der Waals surface area (Å²) in [6.45, 7) is 4.04. The van der Waals surface area contributed by atoms with Crippen LogP contribution < -0.4 is 10.4 Å². The molecule has 2 aromatic carbocycles. The maximum absolute atomic E-state index is 9.14. The highest BCUT2D eigenvalue weighted by Gasteiger charge is 2.11. The quantitative estimate of drug-likeness (QED) is 0.765. The third kappa shape index (κ3) is 4.62. The van der Waals surface area contributed by atoms with E-state index in [9.17, 15) is 0 Å². The Bertz CT molecular complexity index is 528. The van der Waals surface area contributed by atoms with E-state index in [2.05, 4.69) is 36.1 Å². The summed E-state index contributed by atoms with van der Waals surface area (Å²) in [7, 11) is -1.40. The molecule has 0 aliphatic carbocycles. The lowest BCUT2D eigenvalue weighted by molar-refractivity contribution is 0.426. The lowest BCUT2D eigenvalue weighted by atomic mass is 9.80. The number of benzene rings is 2. The number of hydrogen-bond donors (Lipinski definition) is 2. The molecule has 2 rings (SSSR count). The van der Waals surface area contributed by atoms with Crippen molar-refractivity contribution in [2.45, 2.75) is 26.3 Å². The number of rotatable bonds is 7. The van der Waals surface area contributed by atoms with E-state index in [1.54, 1.807) is 12.1 Å². The van der Waals surface area contributed by atoms with Crippen LogP contribution in [0.25, 0.3) is 0 Å². The van der Waals surface area contributed by atoms with E-state index in [0.29, 0.717) is 5.46 Å². The van der Waals surface area contributed by atoms with Gasteiger partial charge in [-0.25, -0.2) is 0 Å². The van der Waals surface area contributed by atoms with Crippen LogP contribution in [0.3, 0.4) is 0 Å². The SMILES string of the molecule is CCCCN(Cc1ccc(B(O)O)cc1)c1ccccc1. The highest BCUT2D eigenvalue weighted by molar-refractivity contribution is 6.58. The molecule has 4 heteroatoms. The Morgan fingerprint density at radius 1 is 0.952 bits per heavy atom. The molecule has 0 fully saturated rings. The fraction of sp³-hybridized carbons (Fsp3) is 0.294. The monoisotopic (exact) mass is 283 g/mol. The molecule has 110 valence electrons. The van der Waals surface area contributed by atoms with Gasteiger partial charge in [0.05, 0.1) is 0 Å². The summed E-state index contributed by atoms with van der Waals surface area (Å²) in [5.74, 6) is 0. The Labute approximate surface area is 127 Å². The molecule has 0 heterocycles. The average molecular weight is 283 g/mol. The summed E-state index contributed by atoms with van der Waals surface area (Å²) in [5, 5.41) is 18.3. The van der Waals surface area contributed by atoms with Gasteiger partial charge >= 0.3 is 7.12 Å². The molecular weight excluding hydrogens is 261 g/mol. The fourth-order valence-corrected chi connectivity index (χ4v) is 2.30. The van der Waals surface area contributed by atoms with Crippen molar-refractivity contribution < 1.29 is 10.0 Å². The normalized spacial score (nSPS) is 10.4. The zero-order valence-corrected chi connectivity index (χ0v) is 12.4. The number of hydrogen-bond acceptors (Lipinski definition) is 3. The van der Waals surface area contributed by atoms with Gasteiger partial charge in [0.25, 0.3) is 0 Å². The Balaban J connectivity index is 2.11. The molecule has 0 saturated carbocycles. The fourth-order valence-electron chi connectivity index (χ4n) is 2.30. The Kier molecular flexibility index (Phi) is 5.84. The molecule has 0 aliphatic rings. The van der Waals surface area contributed by atoms with Crippen molar-refractivity contribution in [2.75, 3.05) is 11.4 Å². The van der Waals surface area contributed by atoms with Gasteiger partial charge in [-0.3, -0.25) is 0 Å². The van der Waals surface area contributed by atoms with Crippen LogP contribution in [0, 0.1) is 0 Å². The molecule has 0 bridgehead atoms. The molecule has 0 saturated heterocycles. The number of nitrogens with zero attached hydrogens (tertiary/aromatic N) is 1. The third-order valence-electron chi connectivity index (χ3n) is 3.55. The van der Waals surface area contributed by atoms with E-state index in [1.165, 1.54) is 17.7 Å². The summed E-state index contributed by atoms with van der Waals surface area (Å²) in [6.07, 6.45) is 2.32. The second-order valence-electron chi connectivity index (χ2n) is 5.23. The molecule has 2 N–H and O–H groups in total. The van der Waals surface area contributed by atoms with Gasteiger partial charge < -0.3 is 14.9 Å². The molecule has 0 aromatic heterocycles. The van der Waals surface area contributed by atoms with Crippen LogP contribution in [0.15, 0.2) is 54.6 Å². The number of anilines is 1. The summed E-state index contributed by atoms with van der Waals surface area (Å²) in [5.41, 5.74) is 2.91. The summed E-state index contributed by atoms with van der Waals surface area (Å²) in [4.78, 5) is 2.36. The molecule has 0 amide bonds. The van der Waals surface area contributed by atoms with Crippen molar-refractivity contribution in [3.05, 3.63) is 60.2 Å². The standard InChI is InChI=1S/C17H22BNO2/c1-2-3-13-19(17-7-5-4-6-8-17)14-15-9-11-16(12-10-15)18(20)21/h4-12,20-21H,2-3,13-14H2,1H3. The predicted molar refractivity (Wildman–Crippen MR) is 88.7 cm³/mol. The first-order chi connectivity index (χ1) is 10.2. The van der Waals surface area contributed by atoms with Crippen LogP contribution in [-0.4, -0.2) is 23.7 Å². The average Bonchev–Trinajstić information content (AvgIpc) is 2.52. The molecular formula is C17H22BNO2. The zero-order valence-electron chi connectivity index (χ0n) is 12.4. The van der Waals surface area contributed by atoms with Crippen LogP contribution >= 0.6 is 0 Å². The number of unbranched alkanes of at least 4 members (excludes halogenated alkanes) is 1. The summed E-state index contributed by atoms with van der Waals surface area (Å²) in [6, 6.07) is 17.8. The van der Waals surface area contributed by atoms with E-state index < -0.39 is 7.12 Å². The summed E-state index contributed by atoms with van der Waals surface area (Å²) >= 11 is 0. The molecule has 0 unspecified atom stereocenters. The van der Waals surface area contributed by atoms with Gasteiger partial charge in [-0.15, -0.1) is 0 Å². The van der Waals surface area contributed by atoms with Crippen LogP contribution in [0.1, 0.15) is 25.3 Å². The van der Waals surface area contributed by atoms with Gasteiger partial charge in [0.15, 0.2) is 0 Å². The van der Waals surface area contributed by atoms with Gasteiger partial charge in [-0.1, -0.05) is 55.8 Å². The van der Waals surface area contributed by atoms with Crippen LogP contribution in [0.5, 0.6) is 0 Å². The first-order valence-corrected chi connectivity index (χ1v) is 7.45. The molecule has 0 spiro atoms. The first-order valence-electron chi connectivity index (χ1n) is 7.45. The topological polar surface area (TPSA) is 43.7 Å². The maximum atomic E-state index is 9.14. The van der Waals surface area contributed by atoms with E-state index in [1.807, 2.05) is 18.2 Å². The van der Waals surface area contributed by atoms with E-state index >= 15 is 0 Å². The van der Waals surface area contributed by atoms with Gasteiger partial charge in [0.2, 0.25) is 0 Å². The first kappa shape index (κ1) is 15.6. The van der Waals surface area contributed by atoms with E-state index in [0.717, 1.165) is 19.5 Å². The zero-order chi connectivity index (χ0) is 15.1. The summed E-state index contributed by atoms with van der Waals surface area (Å²) < 4.78 is 0. The Morgan fingerprint density at radius 2 is 1.62 bits per heavy atom. The number of para-hydroxylation sites is 1. The van der Waals surface area contributed by atoms with Crippen molar-refractivity contribution in [2.24, 2.45) is 0 Å². The van der Waals surface area contributed by atoms with Crippen molar-refractivity contribution in [3.8, 4) is 0 Å².